The number of hydrogen-bond acceptors (Lipinski definition) is 4. The molecule has 0 heterocycles. The molecular weight excluding hydrogens is 184 g/mol. The van der Waals surface area contributed by atoms with Gasteiger partial charge in [0.25, 0.3) is 0 Å². The Balaban J connectivity index is 4.03. The van der Waals surface area contributed by atoms with Crippen LogP contribution in [-0.4, -0.2) is 29.6 Å². The zero-order valence-corrected chi connectivity index (χ0v) is 8.37. The highest BCUT2D eigenvalue weighted by atomic mass is 16.5. The van der Waals surface area contributed by atoms with Gasteiger partial charge in [0.2, 0.25) is 0 Å². The van der Waals surface area contributed by atoms with Gasteiger partial charge in [-0.3, -0.25) is 4.79 Å². The molecule has 0 bridgehead atoms. The first-order valence-electron chi connectivity index (χ1n) is 4.06. The highest BCUT2D eigenvalue weighted by Crippen LogP contribution is 1.99. The summed E-state index contributed by atoms with van der Waals surface area (Å²) in [5, 5.41) is 9.20. The molecule has 0 amide bonds. The minimum Gasteiger partial charge on any atom is -0.459 e. The number of aliphatic hydroxyl groups excluding tert-OH is 1. The maximum absolute atomic E-state index is 11.1. The van der Waals surface area contributed by atoms with E-state index in [1.54, 1.807) is 0 Å². The van der Waals surface area contributed by atoms with Crippen LogP contribution in [-0.2, 0) is 14.3 Å². The van der Waals surface area contributed by atoms with E-state index in [2.05, 4.69) is 17.9 Å². The van der Waals surface area contributed by atoms with Gasteiger partial charge in [-0.25, -0.2) is 4.79 Å². The summed E-state index contributed by atoms with van der Waals surface area (Å²) >= 11 is 0. The van der Waals surface area contributed by atoms with Gasteiger partial charge < -0.3 is 9.84 Å². The smallest absolute Gasteiger partial charge is 0.333 e. The van der Waals surface area contributed by atoms with Crippen molar-refractivity contribution < 1.29 is 19.4 Å². The van der Waals surface area contributed by atoms with Crippen LogP contribution in [0.25, 0.3) is 0 Å². The van der Waals surface area contributed by atoms with Crippen LogP contribution in [0.15, 0.2) is 24.3 Å². The van der Waals surface area contributed by atoms with Crippen molar-refractivity contribution in [3.05, 3.63) is 24.3 Å². The molecule has 0 fully saturated rings. The van der Waals surface area contributed by atoms with Gasteiger partial charge in [-0.15, -0.1) is 0 Å². The molecule has 4 nitrogen and oxygen atoms in total. The van der Waals surface area contributed by atoms with E-state index in [1.807, 2.05) is 0 Å². The number of aliphatic hydroxyl groups is 1. The van der Waals surface area contributed by atoms with E-state index in [-0.39, 0.29) is 17.8 Å². The average Bonchev–Trinajstić information content (AvgIpc) is 2.11. The Kier molecular flexibility index (Phi) is 4.80. The van der Waals surface area contributed by atoms with Gasteiger partial charge >= 0.3 is 5.97 Å². The minimum atomic E-state index is -1.34. The van der Waals surface area contributed by atoms with Crippen molar-refractivity contribution in [2.24, 2.45) is 0 Å². The number of ketones is 1. The monoisotopic (exact) mass is 198 g/mol. The number of carbonyl (C=O) groups excluding carboxylic acids is 2. The van der Waals surface area contributed by atoms with Crippen molar-refractivity contribution in [1.29, 1.82) is 0 Å². The Bertz CT molecular complexity index is 278. The third kappa shape index (κ3) is 4.00. The average molecular weight is 198 g/mol. The predicted octanol–water partition coefficient (Wildman–Crippen LogP) is 0.612. The van der Waals surface area contributed by atoms with Crippen LogP contribution in [0.3, 0.4) is 0 Å². The van der Waals surface area contributed by atoms with Crippen LogP contribution in [0, 0.1) is 0 Å². The van der Waals surface area contributed by atoms with Gasteiger partial charge in [-0.1, -0.05) is 13.2 Å². The fourth-order valence-corrected chi connectivity index (χ4v) is 0.638. The molecule has 0 aromatic carbocycles. The van der Waals surface area contributed by atoms with Crippen LogP contribution in [0.5, 0.6) is 0 Å². The largest absolute Gasteiger partial charge is 0.459 e. The normalized spacial score (nSPS) is 11.6. The molecule has 0 aromatic rings. The summed E-state index contributed by atoms with van der Waals surface area (Å²) in [4.78, 5) is 21.9. The SMILES string of the molecule is C=C(C)C(=O)OCC(O)C(=O)C(=C)C. The summed E-state index contributed by atoms with van der Waals surface area (Å²) in [6, 6.07) is 0. The molecule has 4 heteroatoms. The standard InChI is InChI=1S/C10H14O4/c1-6(2)9(12)8(11)5-14-10(13)7(3)4/h8,11H,1,3,5H2,2,4H3. The summed E-state index contributed by atoms with van der Waals surface area (Å²) in [6.45, 7) is 9.32. The van der Waals surface area contributed by atoms with E-state index in [0.717, 1.165) is 0 Å². The number of Topliss-reactive ketones (excluding diaryl/α,β-unsaturated/α-hetero) is 1. The van der Waals surface area contributed by atoms with Crippen molar-refractivity contribution in [2.75, 3.05) is 6.61 Å². The van der Waals surface area contributed by atoms with E-state index >= 15 is 0 Å². The molecule has 0 spiro atoms. The number of ether oxygens (including phenoxy) is 1. The van der Waals surface area contributed by atoms with Gasteiger partial charge in [-0.2, -0.15) is 0 Å². The lowest BCUT2D eigenvalue weighted by Crippen LogP contribution is -2.27. The third-order valence-electron chi connectivity index (χ3n) is 1.44. The van der Waals surface area contributed by atoms with Crippen LogP contribution < -0.4 is 0 Å². The van der Waals surface area contributed by atoms with Gasteiger partial charge in [0, 0.05) is 5.57 Å². The van der Waals surface area contributed by atoms with E-state index in [0.29, 0.717) is 0 Å². The van der Waals surface area contributed by atoms with Gasteiger partial charge in [-0.05, 0) is 19.4 Å². The molecule has 0 aliphatic carbocycles. The number of rotatable bonds is 5. The number of hydrogen-bond donors (Lipinski definition) is 1. The second-order valence-electron chi connectivity index (χ2n) is 3.04. The Hall–Kier alpha value is -1.42. The third-order valence-corrected chi connectivity index (χ3v) is 1.44. The first-order valence-corrected chi connectivity index (χ1v) is 4.06. The Morgan fingerprint density at radius 1 is 1.29 bits per heavy atom. The van der Waals surface area contributed by atoms with Crippen molar-refractivity contribution in [1.82, 2.24) is 0 Å². The summed E-state index contributed by atoms with van der Waals surface area (Å²) < 4.78 is 4.59. The van der Waals surface area contributed by atoms with E-state index in [9.17, 15) is 14.7 Å². The highest BCUT2D eigenvalue weighted by Gasteiger charge is 2.17. The molecule has 1 unspecified atom stereocenters. The molecule has 0 aromatic heterocycles. The molecule has 14 heavy (non-hydrogen) atoms. The first-order chi connectivity index (χ1) is 6.36. The second-order valence-corrected chi connectivity index (χ2v) is 3.04. The molecule has 0 saturated carbocycles. The second kappa shape index (κ2) is 5.34. The van der Waals surface area contributed by atoms with Crippen LogP contribution in [0.1, 0.15) is 13.8 Å². The highest BCUT2D eigenvalue weighted by molar-refractivity contribution is 5.97. The lowest BCUT2D eigenvalue weighted by Gasteiger charge is -2.09. The predicted molar refractivity (Wildman–Crippen MR) is 51.6 cm³/mol. The molecule has 1 atom stereocenters. The van der Waals surface area contributed by atoms with E-state index in [1.165, 1.54) is 13.8 Å². The lowest BCUT2D eigenvalue weighted by molar-refractivity contribution is -0.144. The maximum atomic E-state index is 11.1. The van der Waals surface area contributed by atoms with Crippen LogP contribution in [0.2, 0.25) is 0 Å². The van der Waals surface area contributed by atoms with E-state index < -0.39 is 17.9 Å². The number of esters is 1. The minimum absolute atomic E-state index is 0.222. The fraction of sp³-hybridized carbons (Fsp3) is 0.400. The van der Waals surface area contributed by atoms with Crippen molar-refractivity contribution >= 4 is 11.8 Å². The van der Waals surface area contributed by atoms with Gasteiger partial charge in [0.15, 0.2) is 11.9 Å². The fourth-order valence-electron chi connectivity index (χ4n) is 0.638. The van der Waals surface area contributed by atoms with Gasteiger partial charge in [0.05, 0.1) is 0 Å². The molecule has 78 valence electrons. The number of carbonyl (C=O) groups is 2. The van der Waals surface area contributed by atoms with Crippen molar-refractivity contribution in [3.63, 3.8) is 0 Å². The lowest BCUT2D eigenvalue weighted by atomic mass is 10.1. The quantitative estimate of drug-likeness (QED) is 0.519. The van der Waals surface area contributed by atoms with E-state index in [4.69, 9.17) is 0 Å². The van der Waals surface area contributed by atoms with Crippen molar-refractivity contribution in [2.45, 2.75) is 20.0 Å². The summed E-state index contributed by atoms with van der Waals surface area (Å²) in [6.07, 6.45) is -1.34. The molecule has 1 N–H and O–H groups in total. The van der Waals surface area contributed by atoms with Crippen LogP contribution >= 0.6 is 0 Å². The molecule has 0 radical (unpaired) electrons. The Morgan fingerprint density at radius 2 is 1.79 bits per heavy atom. The Morgan fingerprint density at radius 3 is 2.14 bits per heavy atom. The van der Waals surface area contributed by atoms with Crippen molar-refractivity contribution in [3.8, 4) is 0 Å². The molecular formula is C10H14O4. The molecule has 0 aliphatic heterocycles. The molecule has 0 rings (SSSR count). The first kappa shape index (κ1) is 12.6. The summed E-state index contributed by atoms with van der Waals surface area (Å²) in [5.41, 5.74) is 0.448. The zero-order chi connectivity index (χ0) is 11.3. The van der Waals surface area contributed by atoms with Gasteiger partial charge in [0.1, 0.15) is 6.61 Å². The molecule has 0 aliphatic rings. The van der Waals surface area contributed by atoms with Crippen LogP contribution in [0.4, 0.5) is 0 Å². The summed E-state index contributed by atoms with van der Waals surface area (Å²) in [5.74, 6) is -1.15. The summed E-state index contributed by atoms with van der Waals surface area (Å²) in [7, 11) is 0. The maximum Gasteiger partial charge on any atom is 0.333 e. The molecule has 0 saturated heterocycles. The topological polar surface area (TPSA) is 63.6 Å². The Labute approximate surface area is 82.9 Å². The zero-order valence-electron chi connectivity index (χ0n) is 8.37.